The maximum atomic E-state index is 9.73. The van der Waals surface area contributed by atoms with E-state index in [1.165, 1.54) is 0 Å². The van der Waals surface area contributed by atoms with Crippen LogP contribution in [0.2, 0.25) is 5.02 Å². The van der Waals surface area contributed by atoms with Crippen LogP contribution in [0.15, 0.2) is 18.2 Å². The lowest BCUT2D eigenvalue weighted by atomic mass is 10.0. The maximum Gasteiger partial charge on any atom is 0.139 e. The summed E-state index contributed by atoms with van der Waals surface area (Å²) in [4.78, 5) is 0. The van der Waals surface area contributed by atoms with Crippen LogP contribution < -0.4 is 5.32 Å². The van der Waals surface area contributed by atoms with Gasteiger partial charge < -0.3 is 10.4 Å². The van der Waals surface area contributed by atoms with Crippen LogP contribution in [0.1, 0.15) is 18.4 Å². The van der Waals surface area contributed by atoms with Crippen molar-refractivity contribution in [2.75, 3.05) is 7.05 Å². The molecule has 0 amide bonds. The van der Waals surface area contributed by atoms with Crippen LogP contribution in [0.4, 0.5) is 0 Å². The van der Waals surface area contributed by atoms with Gasteiger partial charge in [0.05, 0.1) is 5.02 Å². The van der Waals surface area contributed by atoms with E-state index in [1.54, 1.807) is 6.07 Å². The van der Waals surface area contributed by atoms with Crippen molar-refractivity contribution in [3.63, 3.8) is 0 Å². The summed E-state index contributed by atoms with van der Waals surface area (Å²) in [6.07, 6.45) is 2.13. The largest absolute Gasteiger partial charge is 0.506 e. The molecule has 1 aliphatic rings. The summed E-state index contributed by atoms with van der Waals surface area (Å²) in [6, 6.07) is 5.49. The van der Waals surface area contributed by atoms with E-state index in [1.807, 2.05) is 19.2 Å². The Labute approximate surface area is 82.5 Å². The normalized spacial score (nSPS) is 18.6. The quantitative estimate of drug-likeness (QED) is 0.763. The first-order chi connectivity index (χ1) is 6.19. The first kappa shape index (κ1) is 8.85. The standard InChI is InChI=1S/C10H12ClNO/c1-12-10(5-6-10)7-3-2-4-8(11)9(7)13/h2-4,12-13H,5-6H2,1H3. The third-order valence-corrected chi connectivity index (χ3v) is 3.04. The Morgan fingerprint density at radius 2 is 2.15 bits per heavy atom. The summed E-state index contributed by atoms with van der Waals surface area (Å²) in [5, 5.41) is 13.4. The van der Waals surface area contributed by atoms with Gasteiger partial charge in [-0.3, -0.25) is 0 Å². The molecule has 0 aliphatic heterocycles. The molecule has 1 aromatic rings. The third-order valence-electron chi connectivity index (χ3n) is 2.73. The van der Waals surface area contributed by atoms with E-state index in [-0.39, 0.29) is 11.3 Å². The molecular formula is C10H12ClNO. The lowest BCUT2D eigenvalue weighted by Gasteiger charge is -2.16. The number of hydrogen-bond acceptors (Lipinski definition) is 2. The van der Waals surface area contributed by atoms with Gasteiger partial charge in [0, 0.05) is 11.1 Å². The first-order valence-corrected chi connectivity index (χ1v) is 4.74. The summed E-state index contributed by atoms with van der Waals surface area (Å²) in [6.45, 7) is 0. The molecule has 0 radical (unpaired) electrons. The summed E-state index contributed by atoms with van der Waals surface area (Å²) < 4.78 is 0. The third kappa shape index (κ3) is 1.30. The van der Waals surface area contributed by atoms with E-state index < -0.39 is 0 Å². The highest BCUT2D eigenvalue weighted by atomic mass is 35.5. The molecule has 0 heterocycles. The van der Waals surface area contributed by atoms with E-state index in [4.69, 9.17) is 11.6 Å². The van der Waals surface area contributed by atoms with Gasteiger partial charge in [0.15, 0.2) is 0 Å². The maximum absolute atomic E-state index is 9.73. The van der Waals surface area contributed by atoms with E-state index in [0.29, 0.717) is 5.02 Å². The zero-order valence-electron chi connectivity index (χ0n) is 7.47. The molecule has 1 aliphatic carbocycles. The average molecular weight is 198 g/mol. The van der Waals surface area contributed by atoms with Crippen LogP contribution >= 0.6 is 11.6 Å². The first-order valence-electron chi connectivity index (χ1n) is 4.36. The van der Waals surface area contributed by atoms with Crippen molar-refractivity contribution >= 4 is 11.6 Å². The molecule has 0 unspecified atom stereocenters. The van der Waals surface area contributed by atoms with Crippen LogP contribution in [0, 0.1) is 0 Å². The molecule has 2 rings (SSSR count). The molecule has 2 nitrogen and oxygen atoms in total. The minimum Gasteiger partial charge on any atom is -0.506 e. The zero-order chi connectivity index (χ0) is 9.47. The summed E-state index contributed by atoms with van der Waals surface area (Å²) in [7, 11) is 1.91. The molecule has 3 heteroatoms. The van der Waals surface area contributed by atoms with Crippen LogP contribution in [0.5, 0.6) is 5.75 Å². The van der Waals surface area contributed by atoms with Gasteiger partial charge in [-0.25, -0.2) is 0 Å². The molecule has 1 fully saturated rings. The monoisotopic (exact) mass is 197 g/mol. The number of aromatic hydroxyl groups is 1. The lowest BCUT2D eigenvalue weighted by molar-refractivity contribution is 0.449. The van der Waals surface area contributed by atoms with E-state index in [9.17, 15) is 5.11 Å². The van der Waals surface area contributed by atoms with Crippen molar-refractivity contribution in [2.45, 2.75) is 18.4 Å². The lowest BCUT2D eigenvalue weighted by Crippen LogP contribution is -2.24. The summed E-state index contributed by atoms with van der Waals surface area (Å²) in [5.41, 5.74) is 0.900. The van der Waals surface area contributed by atoms with Crippen molar-refractivity contribution < 1.29 is 5.11 Å². The topological polar surface area (TPSA) is 32.3 Å². The molecule has 0 atom stereocenters. The second-order valence-corrected chi connectivity index (χ2v) is 3.88. The highest BCUT2D eigenvalue weighted by Gasteiger charge is 2.44. The highest BCUT2D eigenvalue weighted by molar-refractivity contribution is 6.32. The average Bonchev–Trinajstić information content (AvgIpc) is 2.90. The van der Waals surface area contributed by atoms with Gasteiger partial charge in [-0.15, -0.1) is 0 Å². The number of hydrogen-bond donors (Lipinski definition) is 2. The fourth-order valence-corrected chi connectivity index (χ4v) is 1.86. The number of para-hydroxylation sites is 1. The number of benzene rings is 1. The van der Waals surface area contributed by atoms with Crippen LogP contribution in [-0.4, -0.2) is 12.2 Å². The number of halogens is 1. The Bertz CT molecular complexity index is 334. The van der Waals surface area contributed by atoms with Gasteiger partial charge in [0.1, 0.15) is 5.75 Å². The Hall–Kier alpha value is -0.730. The minimum absolute atomic E-state index is 0.0189. The van der Waals surface area contributed by atoms with Crippen LogP contribution in [0.25, 0.3) is 0 Å². The van der Waals surface area contributed by atoms with Crippen molar-refractivity contribution in [1.29, 1.82) is 0 Å². The molecule has 0 aromatic heterocycles. The van der Waals surface area contributed by atoms with E-state index >= 15 is 0 Å². The molecular weight excluding hydrogens is 186 g/mol. The van der Waals surface area contributed by atoms with Gasteiger partial charge in [-0.1, -0.05) is 23.7 Å². The van der Waals surface area contributed by atoms with Gasteiger partial charge in [0.2, 0.25) is 0 Å². The molecule has 0 spiro atoms. The molecule has 1 aromatic carbocycles. The molecule has 2 N–H and O–H groups in total. The Morgan fingerprint density at radius 1 is 1.46 bits per heavy atom. The Balaban J connectivity index is 2.46. The van der Waals surface area contributed by atoms with Gasteiger partial charge in [-0.2, -0.15) is 0 Å². The summed E-state index contributed by atoms with van der Waals surface area (Å²) >= 11 is 5.83. The second-order valence-electron chi connectivity index (χ2n) is 3.47. The number of phenols is 1. The summed E-state index contributed by atoms with van der Waals surface area (Å²) in [5.74, 6) is 0.219. The van der Waals surface area contributed by atoms with Crippen molar-refractivity contribution in [1.82, 2.24) is 5.32 Å². The Morgan fingerprint density at radius 3 is 2.69 bits per heavy atom. The predicted molar refractivity (Wildman–Crippen MR) is 53.1 cm³/mol. The highest BCUT2D eigenvalue weighted by Crippen LogP contribution is 2.49. The fraction of sp³-hybridized carbons (Fsp3) is 0.400. The van der Waals surface area contributed by atoms with Crippen LogP contribution in [-0.2, 0) is 5.54 Å². The predicted octanol–water partition coefficient (Wildman–Crippen LogP) is 2.25. The van der Waals surface area contributed by atoms with Crippen LogP contribution in [0.3, 0.4) is 0 Å². The van der Waals surface area contributed by atoms with E-state index in [0.717, 1.165) is 18.4 Å². The number of nitrogens with one attached hydrogen (secondary N) is 1. The SMILES string of the molecule is CNC1(c2cccc(Cl)c2O)CC1. The van der Waals surface area contributed by atoms with Gasteiger partial charge >= 0.3 is 0 Å². The van der Waals surface area contributed by atoms with Crippen molar-refractivity contribution in [2.24, 2.45) is 0 Å². The van der Waals surface area contributed by atoms with E-state index in [2.05, 4.69) is 5.32 Å². The zero-order valence-corrected chi connectivity index (χ0v) is 8.23. The molecule has 70 valence electrons. The Kier molecular flexibility index (Phi) is 1.97. The fourth-order valence-electron chi connectivity index (χ4n) is 1.68. The van der Waals surface area contributed by atoms with Gasteiger partial charge in [-0.05, 0) is 26.0 Å². The number of phenolic OH excluding ortho intramolecular Hbond substituents is 1. The number of rotatable bonds is 2. The van der Waals surface area contributed by atoms with Crippen molar-refractivity contribution in [3.8, 4) is 5.75 Å². The molecule has 1 saturated carbocycles. The minimum atomic E-state index is -0.0189. The molecule has 13 heavy (non-hydrogen) atoms. The van der Waals surface area contributed by atoms with Gasteiger partial charge in [0.25, 0.3) is 0 Å². The smallest absolute Gasteiger partial charge is 0.139 e. The second kappa shape index (κ2) is 2.89. The molecule has 0 saturated heterocycles. The molecule has 0 bridgehead atoms. The van der Waals surface area contributed by atoms with Crippen molar-refractivity contribution in [3.05, 3.63) is 28.8 Å².